The average Bonchev–Trinajstić information content (AvgIpc) is 3.60. The van der Waals surface area contributed by atoms with Crippen LogP contribution in [0.25, 0.3) is 0 Å². The molecule has 14 heteroatoms. The molecule has 0 spiro atoms. The van der Waals surface area contributed by atoms with Gasteiger partial charge in [-0.15, -0.1) is 0 Å². The number of ketones is 1. The molecule has 0 aliphatic carbocycles. The van der Waals surface area contributed by atoms with Gasteiger partial charge in [0.05, 0.1) is 30.2 Å². The number of benzene rings is 3. The van der Waals surface area contributed by atoms with E-state index in [-0.39, 0.29) is 50.4 Å². The molecule has 3 aliphatic heterocycles. The fourth-order valence-corrected chi connectivity index (χ4v) is 7.47. The van der Waals surface area contributed by atoms with E-state index in [1.807, 2.05) is 66.7 Å². The molecule has 0 unspecified atom stereocenters. The maximum Gasteiger partial charge on any atom is 0.417 e. The number of rotatable bonds is 16. The maximum absolute atomic E-state index is 13.7. The first-order valence-electron chi connectivity index (χ1n) is 18.2. The smallest absolute Gasteiger partial charge is 0.417 e. The van der Waals surface area contributed by atoms with Crippen LogP contribution in [0.3, 0.4) is 0 Å². The van der Waals surface area contributed by atoms with E-state index in [0.29, 0.717) is 5.56 Å². The highest BCUT2D eigenvalue weighted by Gasteiger charge is 2.50. The minimum atomic E-state index is -1.99. The Kier molecular flexibility index (Phi) is 14.0. The lowest BCUT2D eigenvalue weighted by Gasteiger charge is -2.45. The quantitative estimate of drug-likeness (QED) is 0.187. The molecule has 3 aromatic rings. The Bertz CT molecular complexity index is 1760. The third-order valence-electron chi connectivity index (χ3n) is 9.93. The van der Waals surface area contributed by atoms with Crippen molar-refractivity contribution in [2.45, 2.75) is 81.6 Å². The number of hydrogen-bond acceptors (Lipinski definition) is 12. The van der Waals surface area contributed by atoms with Gasteiger partial charge in [0.1, 0.15) is 43.2 Å². The Hall–Kier alpha value is -3.83. The summed E-state index contributed by atoms with van der Waals surface area (Å²) in [6, 6.07) is 27.5. The third kappa shape index (κ3) is 9.59. The fraction of sp³-hybridized carbons (Fsp3) is 0.439. The van der Waals surface area contributed by atoms with Gasteiger partial charge in [-0.05, 0) is 45.1 Å². The summed E-state index contributed by atoms with van der Waals surface area (Å²) in [5, 5.41) is 22.1. The van der Waals surface area contributed by atoms with Crippen LogP contribution in [0.4, 0.5) is 4.79 Å². The first-order valence-corrected chi connectivity index (χ1v) is 19.0. The molecule has 3 heterocycles. The van der Waals surface area contributed by atoms with Crippen molar-refractivity contribution >= 4 is 33.7 Å². The molecule has 0 aromatic heterocycles. The molecule has 55 heavy (non-hydrogen) atoms. The Morgan fingerprint density at radius 1 is 0.909 bits per heavy atom. The number of ether oxygens (including phenoxy) is 7. The van der Waals surface area contributed by atoms with Gasteiger partial charge in [-0.3, -0.25) is 9.59 Å². The average molecular weight is 825 g/mol. The van der Waals surface area contributed by atoms with Gasteiger partial charge in [-0.25, -0.2) is 9.69 Å². The molecule has 6 rings (SSSR count). The van der Waals surface area contributed by atoms with Crippen molar-refractivity contribution in [1.82, 2.24) is 4.90 Å². The van der Waals surface area contributed by atoms with Crippen molar-refractivity contribution in [2.24, 2.45) is 5.92 Å². The summed E-state index contributed by atoms with van der Waals surface area (Å²) < 4.78 is 42.3. The summed E-state index contributed by atoms with van der Waals surface area (Å²) in [5.41, 5.74) is 2.55. The van der Waals surface area contributed by atoms with E-state index in [1.165, 1.54) is 20.1 Å². The Morgan fingerprint density at radius 3 is 2.11 bits per heavy atom. The summed E-state index contributed by atoms with van der Waals surface area (Å²) in [7, 11) is 1.47. The van der Waals surface area contributed by atoms with Crippen molar-refractivity contribution in [3.63, 3.8) is 0 Å². The summed E-state index contributed by atoms with van der Waals surface area (Å²) in [6.07, 6.45) is -4.84. The summed E-state index contributed by atoms with van der Waals surface area (Å²) >= 11 is 3.30. The second kappa shape index (κ2) is 18.9. The summed E-state index contributed by atoms with van der Waals surface area (Å²) in [4.78, 5) is 40.7. The van der Waals surface area contributed by atoms with Crippen molar-refractivity contribution < 1.29 is 57.8 Å². The standard InChI is InChI=1S/C41H46BrNO12/c1-26(38(46)43-30(25-53-40(43)47)29-17-10-5-11-18-29)34-31(45)21-33(42)41(48,55-34)19-12-20-50-37-36(52-24-28-15-8-4-9-16-28)35(32(22-44)54-39(37)49-2)51-23-27-13-6-3-7-14-27/h3-11,13-18,21,26,30,32,34-37,39,44,48H,12,19-20,22-25H2,1-2H3/t26-,30+,32-,34-,35-,36+,37+,39+,41+/m1/s1. The Labute approximate surface area is 328 Å². The number of methoxy groups -OCH3 is 1. The van der Waals surface area contributed by atoms with E-state index in [1.54, 1.807) is 24.3 Å². The molecule has 2 amide bonds. The van der Waals surface area contributed by atoms with Crippen molar-refractivity contribution in [3.8, 4) is 0 Å². The monoisotopic (exact) mass is 823 g/mol. The highest BCUT2D eigenvalue weighted by molar-refractivity contribution is 9.11. The number of amides is 2. The second-order valence-electron chi connectivity index (χ2n) is 13.6. The third-order valence-corrected chi connectivity index (χ3v) is 10.8. The fourth-order valence-electron chi connectivity index (χ4n) is 6.95. The van der Waals surface area contributed by atoms with Crippen LogP contribution in [0.1, 0.15) is 42.5 Å². The zero-order valence-corrected chi connectivity index (χ0v) is 32.2. The highest BCUT2D eigenvalue weighted by Crippen LogP contribution is 2.38. The van der Waals surface area contributed by atoms with Gasteiger partial charge in [-0.2, -0.15) is 0 Å². The molecule has 0 bridgehead atoms. The van der Waals surface area contributed by atoms with Crippen LogP contribution in [0.5, 0.6) is 0 Å². The van der Waals surface area contributed by atoms with Crippen LogP contribution < -0.4 is 0 Å². The molecule has 9 atom stereocenters. The first-order chi connectivity index (χ1) is 26.6. The topological polar surface area (TPSA) is 160 Å². The van der Waals surface area contributed by atoms with Crippen molar-refractivity contribution in [2.75, 3.05) is 26.9 Å². The van der Waals surface area contributed by atoms with Gasteiger partial charge in [0.15, 0.2) is 17.9 Å². The molecule has 3 aliphatic rings. The lowest BCUT2D eigenvalue weighted by molar-refractivity contribution is -0.320. The van der Waals surface area contributed by atoms with Gasteiger partial charge in [0.2, 0.25) is 5.91 Å². The first kappa shape index (κ1) is 40.8. The molecule has 2 saturated heterocycles. The van der Waals surface area contributed by atoms with E-state index in [2.05, 4.69) is 15.9 Å². The molecule has 0 radical (unpaired) electrons. The van der Waals surface area contributed by atoms with E-state index in [9.17, 15) is 24.6 Å². The zero-order valence-electron chi connectivity index (χ0n) is 30.6. The maximum atomic E-state index is 13.7. The van der Waals surface area contributed by atoms with Crippen LogP contribution in [-0.2, 0) is 56.0 Å². The second-order valence-corrected chi connectivity index (χ2v) is 14.5. The van der Waals surface area contributed by atoms with E-state index < -0.39 is 72.3 Å². The summed E-state index contributed by atoms with van der Waals surface area (Å²) in [6.45, 7) is 1.63. The molecule has 2 N–H and O–H groups in total. The molecule has 2 fully saturated rings. The zero-order chi connectivity index (χ0) is 39.0. The predicted molar refractivity (Wildman–Crippen MR) is 200 cm³/mol. The minimum absolute atomic E-state index is 0.0230. The molecule has 3 aromatic carbocycles. The van der Waals surface area contributed by atoms with Crippen LogP contribution in [0.15, 0.2) is 102 Å². The van der Waals surface area contributed by atoms with Gasteiger partial charge >= 0.3 is 6.09 Å². The predicted octanol–water partition coefficient (Wildman–Crippen LogP) is 4.98. The van der Waals surface area contributed by atoms with Gasteiger partial charge in [0, 0.05) is 20.1 Å². The number of imide groups is 1. The largest absolute Gasteiger partial charge is 0.446 e. The molecule has 13 nitrogen and oxygen atoms in total. The minimum Gasteiger partial charge on any atom is -0.446 e. The number of carbonyl (C=O) groups excluding carboxylic acids is 3. The van der Waals surface area contributed by atoms with Crippen LogP contribution in [0, 0.1) is 5.92 Å². The lowest BCUT2D eigenvalue weighted by atomic mass is 9.93. The number of cyclic esters (lactones) is 1. The lowest BCUT2D eigenvalue weighted by Crippen LogP contribution is -2.61. The van der Waals surface area contributed by atoms with Crippen LogP contribution in [0.2, 0.25) is 0 Å². The van der Waals surface area contributed by atoms with Crippen molar-refractivity contribution in [1.29, 1.82) is 0 Å². The van der Waals surface area contributed by atoms with E-state index in [4.69, 9.17) is 33.2 Å². The van der Waals surface area contributed by atoms with Gasteiger partial charge < -0.3 is 43.4 Å². The van der Waals surface area contributed by atoms with Crippen LogP contribution in [-0.4, -0.2) is 102 Å². The normalized spacial score (nSPS) is 28.8. The van der Waals surface area contributed by atoms with E-state index >= 15 is 0 Å². The number of halogens is 1. The molecular formula is C41H46BrNO12. The molecule has 294 valence electrons. The number of aliphatic hydroxyl groups excluding tert-OH is 1. The SMILES string of the molecule is CO[C@H]1O[C@H](CO)[C@@H](OCc2ccccc2)[C@H](OCc2ccccc2)[C@@H]1OCCC[C@]1(O)O[C@H]([C@@H](C)C(=O)N2C(=O)OC[C@H]2c2ccccc2)C(=O)C=C1Br. The Morgan fingerprint density at radius 2 is 1.51 bits per heavy atom. The van der Waals surface area contributed by atoms with E-state index in [0.717, 1.165) is 16.0 Å². The van der Waals surface area contributed by atoms with Crippen molar-refractivity contribution in [3.05, 3.63) is 118 Å². The number of carbonyl (C=O) groups is 3. The molecular weight excluding hydrogens is 778 g/mol. The van der Waals surface area contributed by atoms with Gasteiger partial charge in [-0.1, -0.05) is 97.9 Å². The Balaban J connectivity index is 1.13. The summed E-state index contributed by atoms with van der Waals surface area (Å²) in [5.74, 6) is -4.34. The number of aliphatic hydroxyl groups is 2. The van der Waals surface area contributed by atoms with Gasteiger partial charge in [0.25, 0.3) is 0 Å². The van der Waals surface area contributed by atoms with Crippen LogP contribution >= 0.6 is 15.9 Å². The highest BCUT2D eigenvalue weighted by atomic mass is 79.9. The molecule has 0 saturated carbocycles. The number of hydrogen-bond donors (Lipinski definition) is 2. The number of nitrogens with zero attached hydrogens (tertiary/aromatic N) is 1.